The number of hydrogen-bond acceptors (Lipinski definition) is 5. The lowest BCUT2D eigenvalue weighted by Gasteiger charge is -2.27. The van der Waals surface area contributed by atoms with Crippen LogP contribution in [-0.2, 0) is 27.3 Å². The molecule has 6 heteroatoms. The van der Waals surface area contributed by atoms with E-state index in [1.54, 1.807) is 0 Å². The number of nitrogens with one attached hydrogen (secondary N) is 1. The Morgan fingerprint density at radius 2 is 2.17 bits per heavy atom. The van der Waals surface area contributed by atoms with Gasteiger partial charge in [0.05, 0.1) is 24.6 Å². The van der Waals surface area contributed by atoms with E-state index >= 15 is 0 Å². The van der Waals surface area contributed by atoms with Crippen LogP contribution in [0.4, 0.5) is 0 Å². The van der Waals surface area contributed by atoms with Crippen molar-refractivity contribution < 1.29 is 18.8 Å². The zero-order valence-electron chi connectivity index (χ0n) is 13.8. The Labute approximate surface area is 135 Å². The number of hydrogen-bond donors (Lipinski definition) is 1. The zero-order valence-corrected chi connectivity index (χ0v) is 13.8. The van der Waals surface area contributed by atoms with Gasteiger partial charge in [0.15, 0.2) is 5.76 Å². The Hall–Kier alpha value is -1.85. The molecule has 6 nitrogen and oxygen atoms in total. The molecule has 2 aliphatic rings. The molecular weight excluding hydrogens is 296 g/mol. The second-order valence-corrected chi connectivity index (χ2v) is 7.10. The summed E-state index contributed by atoms with van der Waals surface area (Å²) in [6.45, 7) is 4.53. The molecule has 1 unspecified atom stereocenters. The summed E-state index contributed by atoms with van der Waals surface area (Å²) in [5.41, 5.74) is 0.335. The quantitative estimate of drug-likeness (QED) is 0.842. The molecule has 1 amide bonds. The third-order valence-corrected chi connectivity index (χ3v) is 4.75. The van der Waals surface area contributed by atoms with E-state index in [0.29, 0.717) is 18.2 Å². The molecule has 1 atom stereocenters. The standard InChI is InChI=1S/C17H24N2O4/c1-11(2)7-12-8-13(23-19-12)10-18-16(21)14-9-15(20)22-17(14)5-3-4-6-17/h8,11,14H,3-7,9-10H2,1-2H3,(H,18,21). The summed E-state index contributed by atoms with van der Waals surface area (Å²) in [4.78, 5) is 24.2. The Morgan fingerprint density at radius 1 is 1.43 bits per heavy atom. The highest BCUT2D eigenvalue weighted by molar-refractivity contribution is 5.87. The Balaban J connectivity index is 1.58. The van der Waals surface area contributed by atoms with Gasteiger partial charge in [-0.1, -0.05) is 19.0 Å². The number of ether oxygens (including phenoxy) is 1. The topological polar surface area (TPSA) is 81.4 Å². The summed E-state index contributed by atoms with van der Waals surface area (Å²) in [5, 5.41) is 6.88. The maximum absolute atomic E-state index is 12.5. The maximum Gasteiger partial charge on any atom is 0.307 e. The van der Waals surface area contributed by atoms with Crippen molar-refractivity contribution in [2.75, 3.05) is 0 Å². The van der Waals surface area contributed by atoms with Crippen molar-refractivity contribution >= 4 is 11.9 Å². The first-order chi connectivity index (χ1) is 11.0. The molecule has 2 fully saturated rings. The molecule has 1 aliphatic carbocycles. The van der Waals surface area contributed by atoms with Gasteiger partial charge in [-0.2, -0.15) is 0 Å². The number of nitrogens with zero attached hydrogens (tertiary/aromatic N) is 1. The van der Waals surface area contributed by atoms with Crippen molar-refractivity contribution in [2.45, 2.75) is 64.5 Å². The molecule has 1 saturated heterocycles. The summed E-state index contributed by atoms with van der Waals surface area (Å²) in [6.07, 6.45) is 4.64. The summed E-state index contributed by atoms with van der Waals surface area (Å²) in [5.74, 6) is 0.382. The molecular formula is C17H24N2O4. The summed E-state index contributed by atoms with van der Waals surface area (Å²) in [7, 11) is 0. The van der Waals surface area contributed by atoms with Gasteiger partial charge in [-0.05, 0) is 38.0 Å². The molecule has 1 N–H and O–H groups in total. The van der Waals surface area contributed by atoms with Gasteiger partial charge >= 0.3 is 5.97 Å². The largest absolute Gasteiger partial charge is 0.458 e. The van der Waals surface area contributed by atoms with Gasteiger partial charge in [-0.15, -0.1) is 0 Å². The lowest BCUT2D eigenvalue weighted by molar-refractivity contribution is -0.150. The predicted molar refractivity (Wildman–Crippen MR) is 82.3 cm³/mol. The van der Waals surface area contributed by atoms with Crippen LogP contribution >= 0.6 is 0 Å². The van der Waals surface area contributed by atoms with E-state index in [2.05, 4.69) is 24.3 Å². The Morgan fingerprint density at radius 3 is 2.87 bits per heavy atom. The SMILES string of the molecule is CC(C)Cc1cc(CNC(=O)C2CC(=O)OC23CCCC3)on1. The smallest absolute Gasteiger partial charge is 0.307 e. The fraction of sp³-hybridized carbons (Fsp3) is 0.706. The van der Waals surface area contributed by atoms with Crippen molar-refractivity contribution in [3.8, 4) is 0 Å². The first-order valence-electron chi connectivity index (χ1n) is 8.42. The first kappa shape index (κ1) is 16.0. The molecule has 0 radical (unpaired) electrons. The fourth-order valence-electron chi connectivity index (χ4n) is 3.70. The van der Waals surface area contributed by atoms with Crippen LogP contribution in [-0.4, -0.2) is 22.6 Å². The van der Waals surface area contributed by atoms with Crippen molar-refractivity contribution in [1.82, 2.24) is 10.5 Å². The fourth-order valence-corrected chi connectivity index (χ4v) is 3.70. The molecule has 1 saturated carbocycles. The number of esters is 1. The summed E-state index contributed by atoms with van der Waals surface area (Å²) < 4.78 is 10.8. The van der Waals surface area contributed by atoms with Gasteiger partial charge in [0.2, 0.25) is 5.91 Å². The van der Waals surface area contributed by atoms with Crippen LogP contribution in [0.5, 0.6) is 0 Å². The number of amides is 1. The molecule has 126 valence electrons. The average Bonchev–Trinajstić information content (AvgIpc) is 3.18. The van der Waals surface area contributed by atoms with E-state index < -0.39 is 5.60 Å². The average molecular weight is 320 g/mol. The third kappa shape index (κ3) is 3.41. The second kappa shape index (κ2) is 6.34. The van der Waals surface area contributed by atoms with Crippen molar-refractivity contribution in [3.05, 3.63) is 17.5 Å². The first-order valence-corrected chi connectivity index (χ1v) is 8.42. The molecule has 23 heavy (non-hydrogen) atoms. The molecule has 1 aromatic heterocycles. The molecule has 2 heterocycles. The second-order valence-electron chi connectivity index (χ2n) is 7.10. The maximum atomic E-state index is 12.5. The van der Waals surface area contributed by atoms with E-state index in [4.69, 9.17) is 9.26 Å². The highest BCUT2D eigenvalue weighted by Gasteiger charge is 2.53. The molecule has 1 aromatic rings. The minimum Gasteiger partial charge on any atom is -0.458 e. The van der Waals surface area contributed by atoms with Gasteiger partial charge in [0, 0.05) is 6.07 Å². The zero-order chi connectivity index (χ0) is 16.4. The van der Waals surface area contributed by atoms with E-state index in [-0.39, 0.29) is 24.2 Å². The van der Waals surface area contributed by atoms with Gasteiger partial charge < -0.3 is 14.6 Å². The number of rotatable bonds is 5. The summed E-state index contributed by atoms with van der Waals surface area (Å²) >= 11 is 0. The Kier molecular flexibility index (Phi) is 4.41. The number of carbonyl (C=O) groups excluding carboxylic acids is 2. The lowest BCUT2D eigenvalue weighted by Crippen LogP contribution is -2.42. The highest BCUT2D eigenvalue weighted by Crippen LogP contribution is 2.45. The number of aromatic nitrogens is 1. The van der Waals surface area contributed by atoms with Crippen LogP contribution in [0, 0.1) is 11.8 Å². The van der Waals surface area contributed by atoms with Crippen LogP contribution in [0.25, 0.3) is 0 Å². The van der Waals surface area contributed by atoms with Crippen LogP contribution in [0.15, 0.2) is 10.6 Å². The molecule has 0 aromatic carbocycles. The van der Waals surface area contributed by atoms with E-state index in [1.807, 2.05) is 6.07 Å². The summed E-state index contributed by atoms with van der Waals surface area (Å²) in [6, 6.07) is 1.88. The van der Waals surface area contributed by atoms with Crippen LogP contribution in [0.3, 0.4) is 0 Å². The van der Waals surface area contributed by atoms with Gasteiger partial charge in [0.1, 0.15) is 5.60 Å². The molecule has 0 bridgehead atoms. The minimum atomic E-state index is -0.564. The van der Waals surface area contributed by atoms with Crippen LogP contribution < -0.4 is 5.32 Å². The molecule has 1 aliphatic heterocycles. The van der Waals surface area contributed by atoms with Crippen LogP contribution in [0.2, 0.25) is 0 Å². The molecule has 1 spiro atoms. The lowest BCUT2D eigenvalue weighted by atomic mass is 9.85. The highest BCUT2D eigenvalue weighted by atomic mass is 16.6. The van der Waals surface area contributed by atoms with Crippen molar-refractivity contribution in [1.29, 1.82) is 0 Å². The van der Waals surface area contributed by atoms with Gasteiger partial charge in [0.25, 0.3) is 0 Å². The predicted octanol–water partition coefficient (Wildman–Crippen LogP) is 2.37. The Bertz CT molecular complexity index is 587. The molecule has 3 rings (SSSR count). The van der Waals surface area contributed by atoms with Gasteiger partial charge in [-0.3, -0.25) is 9.59 Å². The van der Waals surface area contributed by atoms with E-state index in [1.165, 1.54) is 0 Å². The van der Waals surface area contributed by atoms with E-state index in [9.17, 15) is 9.59 Å². The van der Waals surface area contributed by atoms with Crippen molar-refractivity contribution in [2.24, 2.45) is 11.8 Å². The third-order valence-electron chi connectivity index (χ3n) is 4.75. The monoisotopic (exact) mass is 320 g/mol. The van der Waals surface area contributed by atoms with E-state index in [0.717, 1.165) is 37.8 Å². The van der Waals surface area contributed by atoms with Crippen molar-refractivity contribution in [3.63, 3.8) is 0 Å². The van der Waals surface area contributed by atoms with Gasteiger partial charge in [-0.25, -0.2) is 0 Å². The minimum absolute atomic E-state index is 0.125. The number of carbonyl (C=O) groups is 2. The van der Waals surface area contributed by atoms with Crippen LogP contribution in [0.1, 0.15) is 57.4 Å². The normalized spacial score (nSPS) is 22.7.